The standard InChI is InChI=1S/C32H40N4O5/c1-5-41-30(37)18-28(25-10-7-21(2)26(17-25)19-33-4)27-13-14-29-31(22(27)3)34-35-36(29)15-6-16-40-20-23-8-11-24(12-9-23)32(38)39/h7-14,17,28,33-35H,5-6,15-16,18-20H2,1-4H3,(H,38,39)/p+1. The van der Waals surface area contributed by atoms with E-state index in [2.05, 4.69) is 59.9 Å². The number of quaternary nitrogens is 1. The topological polar surface area (TPSA) is 117 Å². The molecule has 218 valence electrons. The number of rotatable bonds is 14. The molecule has 0 aromatic heterocycles. The lowest BCUT2D eigenvalue weighted by Gasteiger charge is -2.22. The number of hydrogen-bond donors (Lipinski definition) is 4. The predicted molar refractivity (Wildman–Crippen MR) is 159 cm³/mol. The van der Waals surface area contributed by atoms with Crippen LogP contribution in [0.4, 0.5) is 11.4 Å². The van der Waals surface area contributed by atoms with Gasteiger partial charge in [-0.3, -0.25) is 4.79 Å². The van der Waals surface area contributed by atoms with Crippen LogP contribution in [0.5, 0.6) is 0 Å². The van der Waals surface area contributed by atoms with Gasteiger partial charge in [0.2, 0.25) is 0 Å². The van der Waals surface area contributed by atoms with E-state index in [0.717, 1.165) is 53.1 Å². The first-order valence-electron chi connectivity index (χ1n) is 14.1. The molecule has 1 aliphatic rings. The molecule has 0 amide bonds. The van der Waals surface area contributed by atoms with Gasteiger partial charge in [-0.25, -0.2) is 15.2 Å². The van der Waals surface area contributed by atoms with Crippen molar-refractivity contribution in [3.8, 4) is 0 Å². The number of nitrogens with two attached hydrogens (primary N) is 1. The van der Waals surface area contributed by atoms with Gasteiger partial charge in [0.05, 0.1) is 31.7 Å². The van der Waals surface area contributed by atoms with Crippen LogP contribution in [0.2, 0.25) is 0 Å². The molecule has 3 aromatic rings. The molecule has 1 unspecified atom stereocenters. The number of ether oxygens (including phenoxy) is 2. The van der Waals surface area contributed by atoms with E-state index >= 15 is 0 Å². The van der Waals surface area contributed by atoms with Crippen molar-refractivity contribution in [1.82, 2.24) is 5.32 Å². The van der Waals surface area contributed by atoms with E-state index in [9.17, 15) is 9.59 Å². The van der Waals surface area contributed by atoms with Crippen LogP contribution < -0.4 is 21.3 Å². The largest absolute Gasteiger partial charge is 0.478 e. The Labute approximate surface area is 241 Å². The van der Waals surface area contributed by atoms with Crippen molar-refractivity contribution >= 4 is 23.3 Å². The highest BCUT2D eigenvalue weighted by Crippen LogP contribution is 2.39. The summed E-state index contributed by atoms with van der Waals surface area (Å²) >= 11 is 0. The summed E-state index contributed by atoms with van der Waals surface area (Å²) < 4.78 is 11.2. The monoisotopic (exact) mass is 561 g/mol. The van der Waals surface area contributed by atoms with Gasteiger partial charge in [0.1, 0.15) is 11.4 Å². The number of carboxylic acid groups (broad SMARTS) is 1. The Morgan fingerprint density at radius 1 is 1.10 bits per heavy atom. The van der Waals surface area contributed by atoms with E-state index in [-0.39, 0.29) is 23.9 Å². The first kappa shape index (κ1) is 30.0. The van der Waals surface area contributed by atoms with Gasteiger partial charge >= 0.3 is 11.9 Å². The molecule has 0 bridgehead atoms. The molecule has 0 saturated carbocycles. The summed E-state index contributed by atoms with van der Waals surface area (Å²) in [7, 11) is 1.94. The van der Waals surface area contributed by atoms with Crippen molar-refractivity contribution in [2.75, 3.05) is 37.2 Å². The molecule has 0 spiro atoms. The molecule has 1 atom stereocenters. The minimum atomic E-state index is -0.932. The van der Waals surface area contributed by atoms with Gasteiger partial charge in [-0.2, -0.15) is 0 Å². The minimum Gasteiger partial charge on any atom is -0.478 e. The zero-order valence-corrected chi connectivity index (χ0v) is 24.3. The molecule has 0 saturated heterocycles. The number of aromatic carboxylic acids is 1. The first-order chi connectivity index (χ1) is 19.8. The summed E-state index contributed by atoms with van der Waals surface area (Å²) in [5, 5.41) is 14.5. The third-order valence-electron chi connectivity index (χ3n) is 7.51. The number of anilines is 2. The maximum atomic E-state index is 12.7. The SMILES string of the molecule is CCOC(=O)CC(c1ccc(C)c(CNC)c1)c1ccc2c(c1C)N[NH2+]N2CCCOCc1ccc(C(=O)O)cc1. The lowest BCUT2D eigenvalue weighted by molar-refractivity contribution is -0.631. The fourth-order valence-electron chi connectivity index (χ4n) is 5.26. The van der Waals surface area contributed by atoms with Gasteiger partial charge in [-0.15, -0.1) is 5.53 Å². The van der Waals surface area contributed by atoms with Crippen LogP contribution in [0.1, 0.15) is 69.4 Å². The van der Waals surface area contributed by atoms with E-state index < -0.39 is 5.97 Å². The number of esters is 1. The summed E-state index contributed by atoms with van der Waals surface area (Å²) in [5.41, 5.74) is 14.6. The Bertz CT molecular complexity index is 1360. The van der Waals surface area contributed by atoms with E-state index in [1.165, 1.54) is 11.1 Å². The summed E-state index contributed by atoms with van der Waals surface area (Å²) in [5.74, 6) is -1.25. The number of benzene rings is 3. The van der Waals surface area contributed by atoms with Crippen molar-refractivity contribution in [2.45, 2.75) is 52.7 Å². The van der Waals surface area contributed by atoms with E-state index in [1.54, 1.807) is 24.3 Å². The van der Waals surface area contributed by atoms with Crippen molar-refractivity contribution < 1.29 is 29.7 Å². The van der Waals surface area contributed by atoms with Crippen LogP contribution >= 0.6 is 0 Å². The lowest BCUT2D eigenvalue weighted by Crippen LogP contribution is -2.95. The Kier molecular flexibility index (Phi) is 10.3. The predicted octanol–water partition coefficient (Wildman–Crippen LogP) is 4.04. The van der Waals surface area contributed by atoms with E-state index in [4.69, 9.17) is 14.6 Å². The zero-order chi connectivity index (χ0) is 29.4. The Morgan fingerprint density at radius 3 is 2.59 bits per heavy atom. The fraction of sp³-hybridized carbons (Fsp3) is 0.375. The van der Waals surface area contributed by atoms with Gasteiger partial charge in [0.15, 0.2) is 0 Å². The highest BCUT2D eigenvalue weighted by molar-refractivity contribution is 5.87. The molecule has 9 nitrogen and oxygen atoms in total. The Morgan fingerprint density at radius 2 is 1.88 bits per heavy atom. The third kappa shape index (κ3) is 7.43. The number of fused-ring (bicyclic) bond motifs is 1. The van der Waals surface area contributed by atoms with Crippen LogP contribution in [0.25, 0.3) is 0 Å². The minimum absolute atomic E-state index is 0.121. The second-order valence-corrected chi connectivity index (χ2v) is 10.3. The van der Waals surface area contributed by atoms with Crippen molar-refractivity contribution in [3.63, 3.8) is 0 Å². The highest BCUT2D eigenvalue weighted by atomic mass is 16.5. The average Bonchev–Trinajstić information content (AvgIpc) is 3.37. The maximum Gasteiger partial charge on any atom is 0.335 e. The third-order valence-corrected chi connectivity index (χ3v) is 7.51. The summed E-state index contributed by atoms with van der Waals surface area (Å²) in [6, 6.07) is 17.5. The summed E-state index contributed by atoms with van der Waals surface area (Å²) in [6.45, 7) is 8.99. The quantitative estimate of drug-likeness (QED) is 0.132. The molecule has 9 heteroatoms. The van der Waals surface area contributed by atoms with E-state index in [0.29, 0.717) is 19.8 Å². The van der Waals surface area contributed by atoms with Crippen LogP contribution in [-0.2, 0) is 27.4 Å². The molecule has 0 fully saturated rings. The van der Waals surface area contributed by atoms with Crippen LogP contribution in [0, 0.1) is 13.8 Å². The second-order valence-electron chi connectivity index (χ2n) is 10.3. The molecule has 5 N–H and O–H groups in total. The molecular formula is C32H41N4O5+. The number of aryl methyl sites for hydroxylation is 1. The molecule has 1 heterocycles. The molecular weight excluding hydrogens is 520 g/mol. The van der Waals surface area contributed by atoms with Gasteiger partial charge in [0.25, 0.3) is 0 Å². The molecule has 41 heavy (non-hydrogen) atoms. The highest BCUT2D eigenvalue weighted by Gasteiger charge is 2.29. The van der Waals surface area contributed by atoms with E-state index in [1.807, 2.05) is 19.5 Å². The molecule has 3 aromatic carbocycles. The first-order valence-corrected chi connectivity index (χ1v) is 14.1. The Hall–Kier alpha value is -3.92. The van der Waals surface area contributed by atoms with Crippen molar-refractivity contribution in [1.29, 1.82) is 0 Å². The van der Waals surface area contributed by atoms with Crippen LogP contribution in [0.15, 0.2) is 54.6 Å². The van der Waals surface area contributed by atoms with Crippen LogP contribution in [0.3, 0.4) is 0 Å². The molecule has 0 aliphatic carbocycles. The number of nitrogen functional groups attached to an aromatic ring is 1. The lowest BCUT2D eigenvalue weighted by atomic mass is 9.84. The maximum absolute atomic E-state index is 12.7. The normalized spacial score (nSPS) is 13.0. The summed E-state index contributed by atoms with van der Waals surface area (Å²) in [6.07, 6.45) is 1.11. The van der Waals surface area contributed by atoms with Gasteiger partial charge < -0.3 is 19.9 Å². The smallest absolute Gasteiger partial charge is 0.335 e. The van der Waals surface area contributed by atoms with Crippen LogP contribution in [-0.4, -0.2) is 43.9 Å². The summed E-state index contributed by atoms with van der Waals surface area (Å²) in [4.78, 5) is 23.7. The number of carbonyl (C=O) groups excluding carboxylic acids is 1. The molecule has 1 aliphatic heterocycles. The number of carboxylic acids is 1. The van der Waals surface area contributed by atoms with Gasteiger partial charge in [-0.05, 0) is 85.8 Å². The zero-order valence-electron chi connectivity index (χ0n) is 24.3. The Balaban J connectivity index is 1.44. The molecule has 4 rings (SSSR count). The number of carbonyl (C=O) groups is 2. The van der Waals surface area contributed by atoms with Crippen molar-refractivity contribution in [3.05, 3.63) is 93.5 Å². The average molecular weight is 562 g/mol. The molecule has 0 radical (unpaired) electrons. The number of nitrogens with zero attached hydrogens (tertiary/aromatic N) is 1. The number of hydrogen-bond acceptors (Lipinski definition) is 7. The fourth-order valence-corrected chi connectivity index (χ4v) is 5.26. The second kappa shape index (κ2) is 14.1. The number of nitrogens with one attached hydrogen (secondary N) is 2. The van der Waals surface area contributed by atoms with Gasteiger partial charge in [0, 0.05) is 19.1 Å². The van der Waals surface area contributed by atoms with Crippen molar-refractivity contribution in [2.24, 2.45) is 0 Å². The van der Waals surface area contributed by atoms with Gasteiger partial charge in [-0.1, -0.05) is 36.4 Å².